The SMILES string of the molecule is O=CN1CCc2cc(-c3cnc4[nH]cc(Cl)c4c3)cc([C@@H]3COCCN3)c2C1. The van der Waals surface area contributed by atoms with Crippen molar-refractivity contribution in [3.63, 3.8) is 0 Å². The van der Waals surface area contributed by atoms with E-state index in [4.69, 9.17) is 16.3 Å². The number of carbonyl (C=O) groups excluding carboxylic acids is 1. The molecule has 2 aliphatic rings. The summed E-state index contributed by atoms with van der Waals surface area (Å²) in [6.07, 6.45) is 5.44. The van der Waals surface area contributed by atoms with Gasteiger partial charge in [0.1, 0.15) is 5.65 Å². The van der Waals surface area contributed by atoms with Gasteiger partial charge in [0.15, 0.2) is 0 Å². The molecule has 1 saturated heterocycles. The molecule has 0 aliphatic carbocycles. The summed E-state index contributed by atoms with van der Waals surface area (Å²) in [5.41, 5.74) is 6.67. The van der Waals surface area contributed by atoms with Crippen LogP contribution >= 0.6 is 11.6 Å². The normalized spacial score (nSPS) is 19.6. The monoisotopic (exact) mass is 396 g/mol. The molecule has 2 aliphatic heterocycles. The maximum atomic E-state index is 11.3. The van der Waals surface area contributed by atoms with Gasteiger partial charge in [0.05, 0.1) is 24.3 Å². The lowest BCUT2D eigenvalue weighted by atomic mass is 9.87. The summed E-state index contributed by atoms with van der Waals surface area (Å²) in [6, 6.07) is 6.65. The van der Waals surface area contributed by atoms with Gasteiger partial charge in [0.25, 0.3) is 0 Å². The van der Waals surface area contributed by atoms with E-state index in [1.807, 2.05) is 11.1 Å². The Morgan fingerprint density at radius 2 is 2.21 bits per heavy atom. The second-order valence-electron chi connectivity index (χ2n) is 7.37. The first-order chi connectivity index (χ1) is 13.7. The highest BCUT2D eigenvalue weighted by atomic mass is 35.5. The topological polar surface area (TPSA) is 70.2 Å². The van der Waals surface area contributed by atoms with Crippen LogP contribution in [-0.2, 0) is 22.5 Å². The third kappa shape index (κ3) is 3.07. The van der Waals surface area contributed by atoms with E-state index >= 15 is 0 Å². The minimum absolute atomic E-state index is 0.126. The molecule has 0 spiro atoms. The van der Waals surface area contributed by atoms with Crippen LogP contribution in [0.25, 0.3) is 22.2 Å². The summed E-state index contributed by atoms with van der Waals surface area (Å²) in [4.78, 5) is 20.8. The molecule has 1 fully saturated rings. The van der Waals surface area contributed by atoms with Gasteiger partial charge in [-0.15, -0.1) is 0 Å². The number of carbonyl (C=O) groups is 1. The number of morpholine rings is 1. The molecule has 3 aromatic rings. The Balaban J connectivity index is 1.63. The third-order valence-corrected chi connectivity index (χ3v) is 5.98. The van der Waals surface area contributed by atoms with Crippen LogP contribution in [0.15, 0.2) is 30.6 Å². The minimum atomic E-state index is 0.126. The van der Waals surface area contributed by atoms with Gasteiger partial charge >= 0.3 is 0 Å². The molecule has 1 aromatic carbocycles. The number of benzene rings is 1. The number of hydrogen-bond acceptors (Lipinski definition) is 4. The first kappa shape index (κ1) is 17.7. The molecule has 144 valence electrons. The molecular formula is C21H21ClN4O2. The maximum absolute atomic E-state index is 11.3. The zero-order chi connectivity index (χ0) is 19.1. The summed E-state index contributed by atoms with van der Waals surface area (Å²) in [7, 11) is 0. The van der Waals surface area contributed by atoms with Crippen LogP contribution in [0.5, 0.6) is 0 Å². The van der Waals surface area contributed by atoms with Gasteiger partial charge in [-0.2, -0.15) is 0 Å². The Bertz CT molecular complexity index is 1040. The summed E-state index contributed by atoms with van der Waals surface area (Å²) >= 11 is 6.30. The molecule has 5 rings (SSSR count). The van der Waals surface area contributed by atoms with Crippen molar-refractivity contribution < 1.29 is 9.53 Å². The van der Waals surface area contributed by atoms with Crippen LogP contribution < -0.4 is 5.32 Å². The van der Waals surface area contributed by atoms with Crippen LogP contribution in [0, 0.1) is 0 Å². The van der Waals surface area contributed by atoms with E-state index in [1.165, 1.54) is 16.7 Å². The number of rotatable bonds is 3. The van der Waals surface area contributed by atoms with Gasteiger partial charge in [0, 0.05) is 43.0 Å². The number of halogens is 1. The van der Waals surface area contributed by atoms with Gasteiger partial charge in [-0.25, -0.2) is 4.98 Å². The summed E-state index contributed by atoms with van der Waals surface area (Å²) in [6.45, 7) is 3.58. The van der Waals surface area contributed by atoms with Gasteiger partial charge in [-0.05, 0) is 40.8 Å². The van der Waals surface area contributed by atoms with E-state index in [1.54, 1.807) is 6.20 Å². The fourth-order valence-corrected chi connectivity index (χ4v) is 4.38. The van der Waals surface area contributed by atoms with Crippen molar-refractivity contribution in [2.24, 2.45) is 0 Å². The highest BCUT2D eigenvalue weighted by Gasteiger charge is 2.25. The molecular weight excluding hydrogens is 376 g/mol. The lowest BCUT2D eigenvalue weighted by molar-refractivity contribution is -0.118. The fraction of sp³-hybridized carbons (Fsp3) is 0.333. The standard InChI is InChI=1S/C21H21ClN4O2/c22-19-9-25-21-17(19)7-15(8-24-21)14-5-13-1-3-26(12-27)10-18(13)16(6-14)20-11-28-4-2-23-20/h5-9,12,20,23H,1-4,10-11H2,(H,24,25)/t20-/m0/s1. The molecule has 2 aromatic heterocycles. The van der Waals surface area contributed by atoms with E-state index in [-0.39, 0.29) is 6.04 Å². The minimum Gasteiger partial charge on any atom is -0.378 e. The van der Waals surface area contributed by atoms with Crippen molar-refractivity contribution in [2.75, 3.05) is 26.3 Å². The van der Waals surface area contributed by atoms with Crippen molar-refractivity contribution in [3.8, 4) is 11.1 Å². The number of fused-ring (bicyclic) bond motifs is 2. The Morgan fingerprint density at radius 1 is 1.29 bits per heavy atom. The molecule has 0 unspecified atom stereocenters. The van der Waals surface area contributed by atoms with Crippen LogP contribution in [0.3, 0.4) is 0 Å². The average Bonchev–Trinajstić information content (AvgIpc) is 3.13. The predicted molar refractivity (Wildman–Crippen MR) is 108 cm³/mol. The summed E-state index contributed by atoms with van der Waals surface area (Å²) in [5, 5.41) is 5.15. The average molecular weight is 397 g/mol. The van der Waals surface area contributed by atoms with E-state index in [9.17, 15) is 4.79 Å². The first-order valence-electron chi connectivity index (χ1n) is 9.52. The zero-order valence-electron chi connectivity index (χ0n) is 15.4. The molecule has 28 heavy (non-hydrogen) atoms. The number of aromatic nitrogens is 2. The largest absolute Gasteiger partial charge is 0.378 e. The Labute approximate surface area is 167 Å². The molecule has 0 radical (unpaired) electrons. The molecule has 7 heteroatoms. The summed E-state index contributed by atoms with van der Waals surface area (Å²) in [5.74, 6) is 0. The molecule has 1 atom stereocenters. The van der Waals surface area contributed by atoms with Gasteiger partial charge in [-0.1, -0.05) is 17.7 Å². The Kier molecular flexibility index (Phi) is 4.55. The number of amides is 1. The number of H-pyrrole nitrogens is 1. The van der Waals surface area contributed by atoms with Crippen LogP contribution in [-0.4, -0.2) is 47.6 Å². The van der Waals surface area contributed by atoms with Gasteiger partial charge in [0.2, 0.25) is 6.41 Å². The Hall–Kier alpha value is -2.41. The summed E-state index contributed by atoms with van der Waals surface area (Å²) < 4.78 is 5.71. The number of nitrogens with one attached hydrogen (secondary N) is 2. The second kappa shape index (κ2) is 7.20. The van der Waals surface area contributed by atoms with Crippen LogP contribution in [0.4, 0.5) is 0 Å². The fourth-order valence-electron chi connectivity index (χ4n) is 4.18. The van der Waals surface area contributed by atoms with Gasteiger partial charge < -0.3 is 19.9 Å². The Morgan fingerprint density at radius 3 is 3.04 bits per heavy atom. The zero-order valence-corrected chi connectivity index (χ0v) is 16.1. The lowest BCUT2D eigenvalue weighted by Crippen LogP contribution is -2.37. The van der Waals surface area contributed by atoms with Crippen molar-refractivity contribution in [2.45, 2.75) is 19.0 Å². The smallest absolute Gasteiger partial charge is 0.210 e. The van der Waals surface area contributed by atoms with Crippen molar-refractivity contribution >= 4 is 29.0 Å². The second-order valence-corrected chi connectivity index (χ2v) is 7.77. The molecule has 2 N–H and O–H groups in total. The highest BCUT2D eigenvalue weighted by molar-refractivity contribution is 6.35. The van der Waals surface area contributed by atoms with Crippen molar-refractivity contribution in [1.82, 2.24) is 20.2 Å². The van der Waals surface area contributed by atoms with E-state index in [0.29, 0.717) is 18.2 Å². The number of hydrogen-bond donors (Lipinski definition) is 2. The molecule has 1 amide bonds. The number of ether oxygens (including phenoxy) is 1. The molecule has 0 saturated carbocycles. The van der Waals surface area contributed by atoms with E-state index in [0.717, 1.165) is 54.7 Å². The van der Waals surface area contributed by atoms with Gasteiger partial charge in [-0.3, -0.25) is 4.79 Å². The maximum Gasteiger partial charge on any atom is 0.210 e. The predicted octanol–water partition coefficient (Wildman–Crippen LogP) is 3.06. The first-order valence-corrected chi connectivity index (χ1v) is 9.90. The number of aromatic amines is 1. The van der Waals surface area contributed by atoms with Crippen molar-refractivity contribution in [3.05, 3.63) is 52.3 Å². The van der Waals surface area contributed by atoms with E-state index in [2.05, 4.69) is 33.5 Å². The number of pyridine rings is 1. The van der Waals surface area contributed by atoms with Crippen LogP contribution in [0.1, 0.15) is 22.7 Å². The molecule has 6 nitrogen and oxygen atoms in total. The quantitative estimate of drug-likeness (QED) is 0.667. The lowest BCUT2D eigenvalue weighted by Gasteiger charge is -2.32. The number of nitrogens with zero attached hydrogens (tertiary/aromatic N) is 2. The highest BCUT2D eigenvalue weighted by Crippen LogP contribution is 2.34. The molecule has 0 bridgehead atoms. The van der Waals surface area contributed by atoms with Crippen molar-refractivity contribution in [1.29, 1.82) is 0 Å². The van der Waals surface area contributed by atoms with E-state index < -0.39 is 0 Å². The van der Waals surface area contributed by atoms with Crippen LogP contribution in [0.2, 0.25) is 5.02 Å². The third-order valence-electron chi connectivity index (χ3n) is 5.67. The molecule has 4 heterocycles.